The largest absolute Gasteiger partial charge is 0.469 e. The number of methoxy groups -OCH3 is 1. The lowest BCUT2D eigenvalue weighted by Gasteiger charge is -2.39. The minimum atomic E-state index is -2.36. The van der Waals surface area contributed by atoms with E-state index in [0.717, 1.165) is 0 Å². The van der Waals surface area contributed by atoms with E-state index in [-0.39, 0.29) is 41.9 Å². The van der Waals surface area contributed by atoms with Crippen molar-refractivity contribution in [1.82, 2.24) is 9.88 Å². The Balaban J connectivity index is 2.22. The number of aromatic nitrogens is 1. The van der Waals surface area contributed by atoms with Crippen LogP contribution in [0.4, 0.5) is 4.39 Å². The first-order valence-corrected chi connectivity index (χ1v) is 20.1. The molecule has 0 fully saturated rings. The van der Waals surface area contributed by atoms with Gasteiger partial charge in [0.25, 0.3) is 5.91 Å². The molecule has 11 heteroatoms. The average Bonchev–Trinajstić information content (AvgIpc) is 3.37. The Bertz CT molecular complexity index is 1730. The molecule has 1 heterocycles. The van der Waals surface area contributed by atoms with Gasteiger partial charge in [0.2, 0.25) is 0 Å². The second-order valence-corrected chi connectivity index (χ2v) is 20.1. The number of allylic oxidation sites excluding steroid dienone is 1. The number of carbonyl (C=O) groups is 4. The van der Waals surface area contributed by atoms with E-state index in [1.54, 1.807) is 39.0 Å². The highest BCUT2D eigenvalue weighted by molar-refractivity contribution is 6.74. The summed E-state index contributed by atoms with van der Waals surface area (Å²) in [5.41, 5.74) is 2.53. The summed E-state index contributed by atoms with van der Waals surface area (Å²) >= 11 is 0. The zero-order valence-corrected chi connectivity index (χ0v) is 32.8. The Labute approximate surface area is 302 Å². The number of esters is 2. The maximum Gasteiger partial charge on any atom is 0.325 e. The second-order valence-electron chi connectivity index (χ2n) is 15.4. The van der Waals surface area contributed by atoms with Crippen LogP contribution in [0.25, 0.3) is 28.3 Å². The first-order valence-electron chi connectivity index (χ1n) is 17.2. The molecular weight excluding hydrogens is 668 g/mol. The quantitative estimate of drug-likeness (QED) is 0.101. The van der Waals surface area contributed by atoms with E-state index in [0.29, 0.717) is 27.9 Å². The smallest absolute Gasteiger partial charge is 0.325 e. The molecule has 0 saturated carbocycles. The SMILES string of the molecule is COC(=O)C[C@@H](CC(=O)C=Cc1c(-c2ccc(F)cc2)c(-c2ccccc2)c(C(=O)NCC(=O)OC(C)(C)C)n1C(C)C)O[Si](C)(C)C(C)(C)C. The van der Waals surface area contributed by atoms with Crippen LogP contribution in [0.1, 0.15) is 90.5 Å². The standard InChI is InChI=1S/C40H53FN2O7Si/c1-26(2)43-32(22-21-30(44)23-31(24-33(45)48-9)50-51(10,11)40(6,7)8)35(28-17-19-29(41)20-18-28)36(27-15-13-12-14-16-27)37(43)38(47)42-25-34(46)49-39(3,4)5/h12-22,26,31H,23-25H2,1-11H3,(H,42,47)/t31-/m1/s1. The number of hydrogen-bond donors (Lipinski definition) is 1. The molecule has 276 valence electrons. The zero-order valence-electron chi connectivity index (χ0n) is 31.8. The molecule has 0 spiro atoms. The molecule has 1 amide bonds. The van der Waals surface area contributed by atoms with E-state index in [2.05, 4.69) is 39.2 Å². The fourth-order valence-electron chi connectivity index (χ4n) is 5.42. The number of nitrogens with zero attached hydrogens (tertiary/aromatic N) is 1. The third-order valence-corrected chi connectivity index (χ3v) is 13.3. The highest BCUT2D eigenvalue weighted by atomic mass is 28.4. The molecule has 1 atom stereocenters. The van der Waals surface area contributed by atoms with Gasteiger partial charge in [-0.2, -0.15) is 0 Å². The lowest BCUT2D eigenvalue weighted by Crippen LogP contribution is -2.44. The molecule has 0 unspecified atom stereocenters. The maximum absolute atomic E-state index is 14.2. The molecule has 9 nitrogen and oxygen atoms in total. The first kappa shape index (κ1) is 41.1. The van der Waals surface area contributed by atoms with Crippen LogP contribution in [0.3, 0.4) is 0 Å². The van der Waals surface area contributed by atoms with Crippen molar-refractivity contribution in [3.05, 3.63) is 77.9 Å². The van der Waals surface area contributed by atoms with Crippen LogP contribution in [0.15, 0.2) is 60.7 Å². The lowest BCUT2D eigenvalue weighted by atomic mass is 9.94. The summed E-state index contributed by atoms with van der Waals surface area (Å²) in [5.74, 6) is -2.31. The molecule has 0 saturated heterocycles. The second kappa shape index (κ2) is 16.8. The van der Waals surface area contributed by atoms with Crippen molar-refractivity contribution in [2.45, 2.75) is 104 Å². The van der Waals surface area contributed by atoms with Crippen molar-refractivity contribution in [2.75, 3.05) is 13.7 Å². The summed E-state index contributed by atoms with van der Waals surface area (Å²) < 4.78 is 32.9. The Hall–Kier alpha value is -4.35. The fraction of sp³-hybridized carbons (Fsp3) is 0.450. The Morgan fingerprint density at radius 3 is 1.98 bits per heavy atom. The molecule has 2 aromatic carbocycles. The molecule has 0 aliphatic heterocycles. The van der Waals surface area contributed by atoms with Crippen LogP contribution in [0.5, 0.6) is 0 Å². The van der Waals surface area contributed by atoms with Crippen molar-refractivity contribution >= 4 is 38.0 Å². The molecule has 51 heavy (non-hydrogen) atoms. The van der Waals surface area contributed by atoms with Crippen LogP contribution >= 0.6 is 0 Å². The fourth-order valence-corrected chi connectivity index (χ4v) is 6.78. The molecule has 0 aliphatic rings. The predicted molar refractivity (Wildman–Crippen MR) is 201 cm³/mol. The van der Waals surface area contributed by atoms with Gasteiger partial charge in [0.05, 0.1) is 25.3 Å². The Morgan fingerprint density at radius 1 is 0.863 bits per heavy atom. The number of ketones is 1. The lowest BCUT2D eigenvalue weighted by molar-refractivity contribution is -0.153. The highest BCUT2D eigenvalue weighted by Crippen LogP contribution is 2.43. The molecular formula is C40H53FN2O7Si. The number of nitrogens with one attached hydrogen (secondary N) is 1. The molecule has 3 aromatic rings. The zero-order chi connectivity index (χ0) is 38.3. The van der Waals surface area contributed by atoms with Crippen LogP contribution in [-0.2, 0) is 28.3 Å². The van der Waals surface area contributed by atoms with E-state index < -0.39 is 43.7 Å². The number of benzene rings is 2. The Kier molecular flexibility index (Phi) is 13.5. The number of carbonyl (C=O) groups excluding carboxylic acids is 4. The summed E-state index contributed by atoms with van der Waals surface area (Å²) in [6.45, 7) is 19.1. The molecule has 0 bridgehead atoms. The van der Waals surface area contributed by atoms with Crippen molar-refractivity contribution in [2.24, 2.45) is 0 Å². The third kappa shape index (κ3) is 11.1. The predicted octanol–water partition coefficient (Wildman–Crippen LogP) is 8.54. The van der Waals surface area contributed by atoms with Crippen molar-refractivity contribution in [3.8, 4) is 22.3 Å². The summed E-state index contributed by atoms with van der Waals surface area (Å²) in [5, 5.41) is 2.58. The van der Waals surface area contributed by atoms with Gasteiger partial charge >= 0.3 is 11.9 Å². The summed E-state index contributed by atoms with van der Waals surface area (Å²) in [6.07, 6.45) is 2.24. The number of amides is 1. The minimum absolute atomic E-state index is 0.0683. The van der Waals surface area contributed by atoms with Gasteiger partial charge in [0, 0.05) is 23.6 Å². The normalized spacial score (nSPS) is 13.0. The topological polar surface area (TPSA) is 113 Å². The molecule has 3 rings (SSSR count). The van der Waals surface area contributed by atoms with Crippen LogP contribution in [0, 0.1) is 5.82 Å². The van der Waals surface area contributed by atoms with Gasteiger partial charge in [-0.05, 0) is 88.2 Å². The van der Waals surface area contributed by atoms with E-state index in [9.17, 15) is 23.6 Å². The number of rotatable bonds is 14. The monoisotopic (exact) mass is 720 g/mol. The van der Waals surface area contributed by atoms with E-state index in [4.69, 9.17) is 13.9 Å². The number of ether oxygens (including phenoxy) is 2. The molecule has 1 aromatic heterocycles. The summed E-state index contributed by atoms with van der Waals surface area (Å²) in [7, 11) is -1.06. The number of hydrogen-bond acceptors (Lipinski definition) is 7. The van der Waals surface area contributed by atoms with Gasteiger partial charge in [-0.15, -0.1) is 0 Å². The van der Waals surface area contributed by atoms with Gasteiger partial charge in [0.15, 0.2) is 14.1 Å². The van der Waals surface area contributed by atoms with Crippen LogP contribution in [0.2, 0.25) is 18.1 Å². The van der Waals surface area contributed by atoms with Gasteiger partial charge in [-0.1, -0.05) is 63.2 Å². The van der Waals surface area contributed by atoms with Crippen molar-refractivity contribution in [3.63, 3.8) is 0 Å². The third-order valence-electron chi connectivity index (χ3n) is 8.73. The molecule has 0 radical (unpaired) electrons. The first-order chi connectivity index (χ1) is 23.6. The van der Waals surface area contributed by atoms with Gasteiger partial charge in [-0.3, -0.25) is 19.2 Å². The summed E-state index contributed by atoms with van der Waals surface area (Å²) in [4.78, 5) is 52.8. The average molecular weight is 721 g/mol. The van der Waals surface area contributed by atoms with Gasteiger partial charge in [0.1, 0.15) is 23.7 Å². The number of halogens is 1. The van der Waals surface area contributed by atoms with Gasteiger partial charge in [-0.25, -0.2) is 4.39 Å². The van der Waals surface area contributed by atoms with E-state index >= 15 is 0 Å². The van der Waals surface area contributed by atoms with Gasteiger partial charge < -0.3 is 23.8 Å². The molecule has 1 N–H and O–H groups in total. The Morgan fingerprint density at radius 2 is 1.45 bits per heavy atom. The molecule has 0 aliphatic carbocycles. The van der Waals surface area contributed by atoms with Crippen molar-refractivity contribution in [1.29, 1.82) is 0 Å². The highest BCUT2D eigenvalue weighted by Gasteiger charge is 2.40. The maximum atomic E-state index is 14.2. The summed E-state index contributed by atoms with van der Waals surface area (Å²) in [6, 6.07) is 14.9. The van der Waals surface area contributed by atoms with Crippen LogP contribution in [-0.4, -0.2) is 61.9 Å². The van der Waals surface area contributed by atoms with E-state index in [1.165, 1.54) is 25.3 Å². The van der Waals surface area contributed by atoms with Crippen molar-refractivity contribution < 1.29 is 37.5 Å². The van der Waals surface area contributed by atoms with E-state index in [1.807, 2.05) is 48.7 Å². The minimum Gasteiger partial charge on any atom is -0.469 e. The van der Waals surface area contributed by atoms with Crippen LogP contribution < -0.4 is 5.32 Å².